The zero-order valence-electron chi connectivity index (χ0n) is 9.25. The fourth-order valence-corrected chi connectivity index (χ4v) is 2.43. The third-order valence-corrected chi connectivity index (χ3v) is 3.68. The van der Waals surface area contributed by atoms with Gasteiger partial charge >= 0.3 is 0 Å². The third kappa shape index (κ3) is 2.43. The molecule has 0 saturated carbocycles. The first-order valence-electron chi connectivity index (χ1n) is 5.06. The summed E-state index contributed by atoms with van der Waals surface area (Å²) < 4.78 is 0. The van der Waals surface area contributed by atoms with Gasteiger partial charge in [-0.1, -0.05) is 23.7 Å². The molecular formula is C12H13ClN2S. The van der Waals surface area contributed by atoms with Gasteiger partial charge in [-0.15, -0.1) is 11.3 Å². The molecule has 2 aromatic rings. The highest BCUT2D eigenvalue weighted by Gasteiger charge is 2.05. The molecule has 84 valence electrons. The topological polar surface area (TPSA) is 24.9 Å². The molecule has 0 radical (unpaired) electrons. The summed E-state index contributed by atoms with van der Waals surface area (Å²) in [4.78, 5) is 4.54. The van der Waals surface area contributed by atoms with Gasteiger partial charge in [-0.25, -0.2) is 4.98 Å². The number of aryl methyl sites for hydroxylation is 1. The largest absolute Gasteiger partial charge is 0.314 e. The van der Waals surface area contributed by atoms with Gasteiger partial charge in [0.25, 0.3) is 0 Å². The van der Waals surface area contributed by atoms with Gasteiger partial charge in [-0.2, -0.15) is 0 Å². The molecule has 0 amide bonds. The van der Waals surface area contributed by atoms with E-state index in [0.717, 1.165) is 33.4 Å². The summed E-state index contributed by atoms with van der Waals surface area (Å²) >= 11 is 7.74. The van der Waals surface area contributed by atoms with Gasteiger partial charge in [0.05, 0.1) is 5.69 Å². The van der Waals surface area contributed by atoms with E-state index in [0.29, 0.717) is 0 Å². The fourth-order valence-electron chi connectivity index (χ4n) is 1.43. The van der Waals surface area contributed by atoms with E-state index in [4.69, 9.17) is 11.6 Å². The molecule has 2 nitrogen and oxygen atoms in total. The molecule has 0 fully saturated rings. The summed E-state index contributed by atoms with van der Waals surface area (Å²) in [5, 5.41) is 6.97. The smallest absolute Gasteiger partial charge is 0.123 e. The van der Waals surface area contributed by atoms with Gasteiger partial charge in [-0.3, -0.25) is 0 Å². The van der Waals surface area contributed by atoms with Crippen LogP contribution in [0.25, 0.3) is 10.6 Å². The number of hydrogen-bond donors (Lipinski definition) is 1. The Kier molecular flexibility index (Phi) is 3.59. The van der Waals surface area contributed by atoms with Crippen molar-refractivity contribution in [2.45, 2.75) is 13.5 Å². The van der Waals surface area contributed by atoms with Crippen molar-refractivity contribution in [3.63, 3.8) is 0 Å². The van der Waals surface area contributed by atoms with Gasteiger partial charge in [0.15, 0.2) is 0 Å². The lowest BCUT2D eigenvalue weighted by Gasteiger charge is -2.00. The van der Waals surface area contributed by atoms with Crippen LogP contribution in [0.5, 0.6) is 0 Å². The summed E-state index contributed by atoms with van der Waals surface area (Å²) in [5.41, 5.74) is 3.25. The van der Waals surface area contributed by atoms with E-state index < -0.39 is 0 Å². The molecule has 0 bridgehead atoms. The van der Waals surface area contributed by atoms with Gasteiger partial charge < -0.3 is 5.32 Å². The van der Waals surface area contributed by atoms with Crippen molar-refractivity contribution in [1.82, 2.24) is 10.3 Å². The van der Waals surface area contributed by atoms with Crippen LogP contribution in [0.3, 0.4) is 0 Å². The maximum atomic E-state index is 6.10. The standard InChI is InChI=1S/C12H13ClN2S/c1-8-3-4-9(5-11(8)13)12-15-10(6-14-2)7-16-12/h3-5,7,14H,6H2,1-2H3. The maximum Gasteiger partial charge on any atom is 0.123 e. The van der Waals surface area contributed by atoms with Crippen molar-refractivity contribution in [1.29, 1.82) is 0 Å². The second-order valence-corrected chi connectivity index (χ2v) is 4.90. The lowest BCUT2D eigenvalue weighted by molar-refractivity contribution is 0.798. The van der Waals surface area contributed by atoms with Crippen molar-refractivity contribution in [2.24, 2.45) is 0 Å². The zero-order chi connectivity index (χ0) is 11.5. The van der Waals surface area contributed by atoms with Gasteiger partial charge in [0.2, 0.25) is 0 Å². The molecule has 0 aliphatic rings. The van der Waals surface area contributed by atoms with Crippen LogP contribution in [-0.4, -0.2) is 12.0 Å². The van der Waals surface area contributed by atoms with E-state index in [1.54, 1.807) is 11.3 Å². The predicted molar refractivity (Wildman–Crippen MR) is 70.1 cm³/mol. The molecule has 2 rings (SSSR count). The summed E-state index contributed by atoms with van der Waals surface area (Å²) in [6.45, 7) is 2.80. The average molecular weight is 253 g/mol. The molecular weight excluding hydrogens is 240 g/mol. The van der Waals surface area contributed by atoms with E-state index in [2.05, 4.69) is 21.7 Å². The van der Waals surface area contributed by atoms with Crippen LogP contribution in [0, 0.1) is 6.92 Å². The average Bonchev–Trinajstić information content (AvgIpc) is 2.71. The van der Waals surface area contributed by atoms with Crippen LogP contribution in [0.1, 0.15) is 11.3 Å². The summed E-state index contributed by atoms with van der Waals surface area (Å²) in [7, 11) is 1.92. The second kappa shape index (κ2) is 4.95. The minimum atomic E-state index is 0.794. The number of aromatic nitrogens is 1. The molecule has 0 saturated heterocycles. The number of rotatable bonds is 3. The Morgan fingerprint density at radius 2 is 2.25 bits per heavy atom. The van der Waals surface area contributed by atoms with Crippen LogP contribution >= 0.6 is 22.9 Å². The van der Waals surface area contributed by atoms with E-state index in [1.807, 2.05) is 26.1 Å². The Balaban J connectivity index is 2.31. The van der Waals surface area contributed by atoms with E-state index >= 15 is 0 Å². The van der Waals surface area contributed by atoms with Crippen molar-refractivity contribution < 1.29 is 0 Å². The fraction of sp³-hybridized carbons (Fsp3) is 0.250. The monoisotopic (exact) mass is 252 g/mol. The first-order valence-corrected chi connectivity index (χ1v) is 6.32. The van der Waals surface area contributed by atoms with Gasteiger partial charge in [-0.05, 0) is 25.6 Å². The minimum Gasteiger partial charge on any atom is -0.314 e. The van der Waals surface area contributed by atoms with Gasteiger partial charge in [0, 0.05) is 22.5 Å². The van der Waals surface area contributed by atoms with Crippen molar-refractivity contribution in [2.75, 3.05) is 7.05 Å². The van der Waals surface area contributed by atoms with Crippen molar-refractivity contribution in [3.05, 3.63) is 39.9 Å². The highest BCUT2D eigenvalue weighted by Crippen LogP contribution is 2.27. The molecule has 0 atom stereocenters. The number of nitrogens with one attached hydrogen (secondary N) is 1. The number of nitrogens with zero attached hydrogens (tertiary/aromatic N) is 1. The zero-order valence-corrected chi connectivity index (χ0v) is 10.8. The van der Waals surface area contributed by atoms with Crippen LogP contribution in [0.4, 0.5) is 0 Å². The number of hydrogen-bond acceptors (Lipinski definition) is 3. The molecule has 0 aliphatic carbocycles. The third-order valence-electron chi connectivity index (χ3n) is 2.33. The number of thiazole rings is 1. The molecule has 16 heavy (non-hydrogen) atoms. The van der Waals surface area contributed by atoms with Crippen LogP contribution < -0.4 is 5.32 Å². The molecule has 0 unspecified atom stereocenters. The lowest BCUT2D eigenvalue weighted by Crippen LogP contribution is -2.04. The Bertz CT molecular complexity index is 494. The van der Waals surface area contributed by atoms with E-state index in [1.165, 1.54) is 0 Å². The lowest BCUT2D eigenvalue weighted by atomic mass is 10.1. The van der Waals surface area contributed by atoms with E-state index in [9.17, 15) is 0 Å². The van der Waals surface area contributed by atoms with E-state index in [-0.39, 0.29) is 0 Å². The minimum absolute atomic E-state index is 0.794. The van der Waals surface area contributed by atoms with Crippen LogP contribution in [-0.2, 0) is 6.54 Å². The van der Waals surface area contributed by atoms with Crippen LogP contribution in [0.2, 0.25) is 5.02 Å². The number of benzene rings is 1. The molecule has 1 heterocycles. The van der Waals surface area contributed by atoms with Crippen molar-refractivity contribution >= 4 is 22.9 Å². The summed E-state index contributed by atoms with van der Waals surface area (Å²) in [6.07, 6.45) is 0. The maximum absolute atomic E-state index is 6.10. The van der Waals surface area contributed by atoms with Crippen LogP contribution in [0.15, 0.2) is 23.6 Å². The Morgan fingerprint density at radius 3 is 2.94 bits per heavy atom. The normalized spacial score (nSPS) is 10.7. The van der Waals surface area contributed by atoms with Gasteiger partial charge in [0.1, 0.15) is 5.01 Å². The molecule has 1 aromatic heterocycles. The summed E-state index contributed by atoms with van der Waals surface area (Å²) in [5.74, 6) is 0. The number of halogens is 1. The Hall–Kier alpha value is -0.900. The molecule has 0 aliphatic heterocycles. The quantitative estimate of drug-likeness (QED) is 0.905. The highest BCUT2D eigenvalue weighted by atomic mass is 35.5. The Labute approximate surface area is 104 Å². The highest BCUT2D eigenvalue weighted by molar-refractivity contribution is 7.13. The molecule has 1 aromatic carbocycles. The predicted octanol–water partition coefficient (Wildman–Crippen LogP) is 3.49. The second-order valence-electron chi connectivity index (χ2n) is 3.64. The first-order chi connectivity index (χ1) is 7.70. The Morgan fingerprint density at radius 1 is 1.44 bits per heavy atom. The first kappa shape index (κ1) is 11.6. The molecule has 0 spiro atoms. The SMILES string of the molecule is CNCc1csc(-c2ccc(C)c(Cl)c2)n1. The van der Waals surface area contributed by atoms with Crippen molar-refractivity contribution in [3.8, 4) is 10.6 Å². The summed E-state index contributed by atoms with van der Waals surface area (Å²) in [6, 6.07) is 6.05. The molecule has 4 heteroatoms. The molecule has 1 N–H and O–H groups in total.